The monoisotopic (exact) mass is 359 g/mol. The van der Waals surface area contributed by atoms with Crippen molar-refractivity contribution in [2.45, 2.75) is 31.5 Å². The van der Waals surface area contributed by atoms with E-state index in [0.717, 1.165) is 48.7 Å². The zero-order valence-electron chi connectivity index (χ0n) is 15.2. The van der Waals surface area contributed by atoms with Crippen LogP contribution in [0, 0.1) is 0 Å². The summed E-state index contributed by atoms with van der Waals surface area (Å²) in [6.07, 6.45) is 5.72. The number of methoxy groups -OCH3 is 1. The van der Waals surface area contributed by atoms with E-state index in [0.29, 0.717) is 25.0 Å². The largest absolute Gasteiger partial charge is 0.493 e. The fourth-order valence-electron chi connectivity index (χ4n) is 3.56. The normalized spacial score (nSPS) is 22.2. The number of hydrogen-bond donors (Lipinski definition) is 1. The van der Waals surface area contributed by atoms with Crippen LogP contribution in [0.1, 0.15) is 30.2 Å². The summed E-state index contributed by atoms with van der Waals surface area (Å²) in [6.45, 7) is 2.62. The molecule has 7 heteroatoms. The number of ether oxygens (including phenoxy) is 4. The molecule has 2 aliphatic rings. The van der Waals surface area contributed by atoms with Gasteiger partial charge in [0.2, 0.25) is 5.75 Å². The van der Waals surface area contributed by atoms with Gasteiger partial charge < -0.3 is 28.8 Å². The zero-order chi connectivity index (χ0) is 17.9. The number of nitrogens with zero attached hydrogens (tertiary/aromatic N) is 2. The minimum atomic E-state index is 0.0866. The summed E-state index contributed by atoms with van der Waals surface area (Å²) in [5.74, 6) is 2.18. The van der Waals surface area contributed by atoms with Crippen LogP contribution < -0.4 is 19.5 Å². The number of imidazole rings is 1. The summed E-state index contributed by atoms with van der Waals surface area (Å²) in [5, 5.41) is 3.65. The van der Waals surface area contributed by atoms with Gasteiger partial charge in [-0.1, -0.05) is 0 Å². The van der Waals surface area contributed by atoms with Crippen LogP contribution in [0.2, 0.25) is 0 Å². The molecule has 1 aromatic carbocycles. The molecule has 1 saturated heterocycles. The number of fused-ring (bicyclic) bond motifs is 1. The Hall–Kier alpha value is -2.25. The molecule has 1 aromatic heterocycles. The number of benzene rings is 1. The van der Waals surface area contributed by atoms with Gasteiger partial charge in [0.1, 0.15) is 19.3 Å². The molecule has 0 amide bonds. The van der Waals surface area contributed by atoms with Crippen LogP contribution in [0.3, 0.4) is 0 Å². The number of hydrogen-bond acceptors (Lipinski definition) is 6. The van der Waals surface area contributed by atoms with Crippen LogP contribution in [-0.2, 0) is 18.3 Å². The Labute approximate surface area is 153 Å². The lowest BCUT2D eigenvalue weighted by molar-refractivity contribution is -0.00405. The van der Waals surface area contributed by atoms with Gasteiger partial charge in [0.05, 0.1) is 25.3 Å². The molecule has 2 aliphatic heterocycles. The Morgan fingerprint density at radius 1 is 1.27 bits per heavy atom. The molecule has 0 saturated carbocycles. The molecule has 2 unspecified atom stereocenters. The van der Waals surface area contributed by atoms with Crippen molar-refractivity contribution >= 4 is 0 Å². The molecule has 2 atom stereocenters. The van der Waals surface area contributed by atoms with Crippen LogP contribution in [0.4, 0.5) is 0 Å². The van der Waals surface area contributed by atoms with Crippen LogP contribution in [-0.4, -0.2) is 42.5 Å². The van der Waals surface area contributed by atoms with Gasteiger partial charge in [0.15, 0.2) is 11.5 Å². The molecule has 2 aromatic rings. The van der Waals surface area contributed by atoms with Crippen molar-refractivity contribution in [1.29, 1.82) is 0 Å². The van der Waals surface area contributed by atoms with Crippen molar-refractivity contribution < 1.29 is 18.9 Å². The first-order chi connectivity index (χ1) is 12.7. The van der Waals surface area contributed by atoms with E-state index in [9.17, 15) is 0 Å². The van der Waals surface area contributed by atoms with Crippen molar-refractivity contribution in [2.75, 3.05) is 26.9 Å². The van der Waals surface area contributed by atoms with Crippen molar-refractivity contribution in [3.63, 3.8) is 0 Å². The number of nitrogens with one attached hydrogen (secondary N) is 1. The lowest BCUT2D eigenvalue weighted by Gasteiger charge is -2.30. The maximum atomic E-state index is 5.94. The minimum absolute atomic E-state index is 0.0866. The average molecular weight is 359 g/mol. The van der Waals surface area contributed by atoms with Crippen LogP contribution in [0.25, 0.3) is 0 Å². The molecule has 3 heterocycles. The average Bonchev–Trinajstić information content (AvgIpc) is 3.12. The Kier molecular flexibility index (Phi) is 4.99. The van der Waals surface area contributed by atoms with Crippen LogP contribution >= 0.6 is 0 Å². The van der Waals surface area contributed by atoms with Gasteiger partial charge in [-0.15, -0.1) is 0 Å². The van der Waals surface area contributed by atoms with Gasteiger partial charge in [0, 0.05) is 26.2 Å². The fraction of sp³-hybridized carbons (Fsp3) is 0.526. The van der Waals surface area contributed by atoms with Gasteiger partial charge in [0.25, 0.3) is 0 Å². The minimum Gasteiger partial charge on any atom is -0.493 e. The molecule has 4 rings (SSSR count). The van der Waals surface area contributed by atoms with Crippen molar-refractivity contribution in [2.24, 2.45) is 7.05 Å². The Morgan fingerprint density at radius 3 is 2.96 bits per heavy atom. The molecule has 140 valence electrons. The van der Waals surface area contributed by atoms with Crippen LogP contribution in [0.15, 0.2) is 24.7 Å². The molecule has 1 fully saturated rings. The molecule has 26 heavy (non-hydrogen) atoms. The lowest BCUT2D eigenvalue weighted by Crippen LogP contribution is -2.36. The highest BCUT2D eigenvalue weighted by molar-refractivity contribution is 5.54. The first-order valence-corrected chi connectivity index (χ1v) is 9.02. The fourth-order valence-corrected chi connectivity index (χ4v) is 3.56. The second-order valence-electron chi connectivity index (χ2n) is 6.71. The van der Waals surface area contributed by atoms with E-state index in [-0.39, 0.29) is 6.10 Å². The molecule has 1 N–H and O–H groups in total. The summed E-state index contributed by atoms with van der Waals surface area (Å²) < 4.78 is 24.8. The van der Waals surface area contributed by atoms with Gasteiger partial charge in [-0.25, -0.2) is 4.98 Å². The molecule has 0 spiro atoms. The summed E-state index contributed by atoms with van der Waals surface area (Å²) >= 11 is 0. The van der Waals surface area contributed by atoms with Crippen molar-refractivity contribution in [1.82, 2.24) is 14.9 Å². The smallest absolute Gasteiger partial charge is 0.203 e. The highest BCUT2D eigenvalue weighted by atomic mass is 16.6. The third-order valence-electron chi connectivity index (χ3n) is 4.95. The summed E-state index contributed by atoms with van der Waals surface area (Å²) in [5.41, 5.74) is 2.24. The van der Waals surface area contributed by atoms with E-state index in [2.05, 4.69) is 10.3 Å². The van der Waals surface area contributed by atoms with Gasteiger partial charge in [-0.05, 0) is 30.5 Å². The SMILES string of the molecule is COc1cc(CNC2CCOC(c3cncn3C)C2)cc2c1OCCO2. The predicted molar refractivity (Wildman–Crippen MR) is 95.7 cm³/mol. The van der Waals surface area contributed by atoms with E-state index in [1.165, 1.54) is 0 Å². The van der Waals surface area contributed by atoms with E-state index >= 15 is 0 Å². The highest BCUT2D eigenvalue weighted by Gasteiger charge is 2.26. The maximum absolute atomic E-state index is 5.94. The van der Waals surface area contributed by atoms with Gasteiger partial charge in [-0.3, -0.25) is 0 Å². The van der Waals surface area contributed by atoms with Crippen molar-refractivity contribution in [3.05, 3.63) is 35.9 Å². The molecular formula is C19H25N3O4. The second kappa shape index (κ2) is 7.55. The third kappa shape index (κ3) is 3.50. The highest BCUT2D eigenvalue weighted by Crippen LogP contribution is 2.40. The molecule has 7 nitrogen and oxygen atoms in total. The lowest BCUT2D eigenvalue weighted by atomic mass is 10.0. The first-order valence-electron chi connectivity index (χ1n) is 9.02. The Bertz CT molecular complexity index is 744. The standard InChI is InChI=1S/C19H25N3O4/c1-22-12-20-11-15(22)16-9-14(3-4-24-16)21-10-13-7-17(23-2)19-18(8-13)25-5-6-26-19/h7-8,11-12,14,16,21H,3-6,9-10H2,1-2H3. The predicted octanol–water partition coefficient (Wildman–Crippen LogP) is 2.21. The van der Waals surface area contributed by atoms with Crippen LogP contribution in [0.5, 0.6) is 17.2 Å². The quantitative estimate of drug-likeness (QED) is 0.883. The topological polar surface area (TPSA) is 66.8 Å². The number of rotatable bonds is 5. The summed E-state index contributed by atoms with van der Waals surface area (Å²) in [4.78, 5) is 4.20. The number of aryl methyl sites for hydroxylation is 1. The van der Waals surface area contributed by atoms with E-state index < -0.39 is 0 Å². The molecule has 0 radical (unpaired) electrons. The Balaban J connectivity index is 1.41. The second-order valence-corrected chi connectivity index (χ2v) is 6.71. The van der Waals surface area contributed by atoms with E-state index in [1.807, 2.05) is 36.3 Å². The van der Waals surface area contributed by atoms with Crippen molar-refractivity contribution in [3.8, 4) is 17.2 Å². The molecule has 0 aliphatic carbocycles. The van der Waals surface area contributed by atoms with Gasteiger partial charge >= 0.3 is 0 Å². The van der Waals surface area contributed by atoms with E-state index in [4.69, 9.17) is 18.9 Å². The van der Waals surface area contributed by atoms with Gasteiger partial charge in [-0.2, -0.15) is 0 Å². The van der Waals surface area contributed by atoms with E-state index in [1.54, 1.807) is 7.11 Å². The first kappa shape index (κ1) is 17.2. The third-order valence-corrected chi connectivity index (χ3v) is 4.95. The molecular weight excluding hydrogens is 334 g/mol. The zero-order valence-corrected chi connectivity index (χ0v) is 15.2. The summed E-state index contributed by atoms with van der Waals surface area (Å²) in [7, 11) is 3.66. The maximum Gasteiger partial charge on any atom is 0.203 e. The number of aromatic nitrogens is 2. The summed E-state index contributed by atoms with van der Waals surface area (Å²) in [6, 6.07) is 4.43. The molecule has 0 bridgehead atoms. The Morgan fingerprint density at radius 2 is 2.15 bits per heavy atom.